The third-order valence-corrected chi connectivity index (χ3v) is 5.00. The quantitative estimate of drug-likeness (QED) is 0.848. The van der Waals surface area contributed by atoms with Crippen LogP contribution in [0.4, 0.5) is 4.39 Å². The van der Waals surface area contributed by atoms with Crippen LogP contribution in [0, 0.1) is 12.7 Å². The molecule has 6 heteroatoms. The number of carbonyl (C=O) groups excluding carboxylic acids is 1. The van der Waals surface area contributed by atoms with Gasteiger partial charge in [-0.2, -0.15) is 0 Å². The number of carbonyl (C=O) groups is 1. The van der Waals surface area contributed by atoms with Gasteiger partial charge >= 0.3 is 0 Å². The first-order valence-corrected chi connectivity index (χ1v) is 8.53. The van der Waals surface area contributed by atoms with Crippen molar-refractivity contribution in [1.82, 2.24) is 10.3 Å². The van der Waals surface area contributed by atoms with Crippen LogP contribution >= 0.6 is 11.3 Å². The minimum atomic E-state index is -0.479. The average molecular weight is 335 g/mol. The van der Waals surface area contributed by atoms with Crippen LogP contribution in [0.15, 0.2) is 24.3 Å². The smallest absolute Gasteiger partial charge is 0.237 e. The topological polar surface area (TPSA) is 68.0 Å². The number of nitrogens with zero attached hydrogens (tertiary/aromatic N) is 1. The van der Waals surface area contributed by atoms with Gasteiger partial charge in [0.15, 0.2) is 0 Å². The zero-order valence-corrected chi connectivity index (χ0v) is 14.4. The monoisotopic (exact) mass is 335 g/mol. The number of hydrogen-bond acceptors (Lipinski definition) is 4. The van der Waals surface area contributed by atoms with Crippen LogP contribution in [0.1, 0.15) is 43.3 Å². The predicted octanol–water partition coefficient (Wildman–Crippen LogP) is 3.56. The van der Waals surface area contributed by atoms with Crippen molar-refractivity contribution < 1.29 is 9.18 Å². The summed E-state index contributed by atoms with van der Waals surface area (Å²) in [5, 5.41) is 3.76. The molecular weight excluding hydrogens is 313 g/mol. The zero-order valence-electron chi connectivity index (χ0n) is 13.6. The van der Waals surface area contributed by atoms with Crippen molar-refractivity contribution in [3.8, 4) is 10.6 Å². The third kappa shape index (κ3) is 4.36. The Labute approximate surface area is 139 Å². The Morgan fingerprint density at radius 1 is 1.39 bits per heavy atom. The van der Waals surface area contributed by atoms with E-state index in [9.17, 15) is 9.18 Å². The second-order valence-electron chi connectivity index (χ2n) is 5.60. The fourth-order valence-corrected chi connectivity index (χ4v) is 3.43. The fourth-order valence-electron chi connectivity index (χ4n) is 2.35. The second-order valence-corrected chi connectivity index (χ2v) is 6.63. The molecule has 1 heterocycles. The summed E-state index contributed by atoms with van der Waals surface area (Å²) < 4.78 is 13.0. The molecule has 0 radical (unpaired) electrons. The van der Waals surface area contributed by atoms with Gasteiger partial charge in [-0.05, 0) is 44.5 Å². The highest BCUT2D eigenvalue weighted by atomic mass is 32.1. The number of thiazole rings is 1. The van der Waals surface area contributed by atoms with E-state index in [1.165, 1.54) is 23.5 Å². The number of amides is 1. The van der Waals surface area contributed by atoms with Crippen molar-refractivity contribution >= 4 is 17.2 Å². The number of rotatable bonds is 6. The lowest BCUT2D eigenvalue weighted by atomic mass is 10.1. The van der Waals surface area contributed by atoms with Crippen molar-refractivity contribution in [2.75, 3.05) is 0 Å². The molecule has 0 aliphatic rings. The average Bonchev–Trinajstić information content (AvgIpc) is 2.90. The van der Waals surface area contributed by atoms with E-state index in [-0.39, 0.29) is 17.8 Å². The van der Waals surface area contributed by atoms with Gasteiger partial charge in [0.25, 0.3) is 0 Å². The van der Waals surface area contributed by atoms with E-state index in [4.69, 9.17) is 5.73 Å². The summed E-state index contributed by atoms with van der Waals surface area (Å²) in [5.41, 5.74) is 7.58. The molecule has 0 fully saturated rings. The first kappa shape index (κ1) is 17.6. The Bertz CT molecular complexity index is 669. The molecule has 0 saturated heterocycles. The van der Waals surface area contributed by atoms with Crippen LogP contribution in [0.3, 0.4) is 0 Å². The summed E-state index contributed by atoms with van der Waals surface area (Å²) in [6, 6.07) is 5.61. The van der Waals surface area contributed by atoms with Crippen molar-refractivity contribution in [2.24, 2.45) is 5.73 Å². The van der Waals surface area contributed by atoms with Gasteiger partial charge in [-0.3, -0.25) is 4.79 Å². The molecule has 4 nitrogen and oxygen atoms in total. The number of halogens is 1. The molecule has 2 rings (SSSR count). The molecule has 0 bridgehead atoms. The summed E-state index contributed by atoms with van der Waals surface area (Å²) in [4.78, 5) is 17.6. The number of benzene rings is 1. The van der Waals surface area contributed by atoms with Crippen molar-refractivity contribution in [3.05, 3.63) is 40.7 Å². The van der Waals surface area contributed by atoms with Crippen LogP contribution in [0.25, 0.3) is 10.6 Å². The van der Waals surface area contributed by atoms with Crippen molar-refractivity contribution in [2.45, 2.75) is 45.7 Å². The minimum absolute atomic E-state index is 0.143. The molecule has 1 amide bonds. The summed E-state index contributed by atoms with van der Waals surface area (Å²) in [5.74, 6) is -0.414. The molecule has 2 aromatic rings. The van der Waals surface area contributed by atoms with Gasteiger partial charge < -0.3 is 11.1 Å². The van der Waals surface area contributed by atoms with Gasteiger partial charge in [0.05, 0.1) is 22.7 Å². The summed E-state index contributed by atoms with van der Waals surface area (Å²) in [6.07, 6.45) is 1.54. The normalized spacial score (nSPS) is 13.6. The van der Waals surface area contributed by atoms with Gasteiger partial charge in [0.1, 0.15) is 10.8 Å². The number of nitrogens with two attached hydrogens (primary N) is 1. The molecule has 124 valence electrons. The van der Waals surface area contributed by atoms with Gasteiger partial charge in [0.2, 0.25) is 5.91 Å². The maximum absolute atomic E-state index is 13.0. The molecule has 23 heavy (non-hydrogen) atoms. The minimum Gasteiger partial charge on any atom is -0.347 e. The molecule has 2 atom stereocenters. The molecule has 1 aromatic heterocycles. The van der Waals surface area contributed by atoms with Crippen LogP contribution in [0.2, 0.25) is 0 Å². The first-order valence-electron chi connectivity index (χ1n) is 7.71. The molecular formula is C17H22FN3OS. The Hall–Kier alpha value is -1.79. The zero-order chi connectivity index (χ0) is 17.0. The fraction of sp³-hybridized carbons (Fsp3) is 0.412. The van der Waals surface area contributed by atoms with Crippen molar-refractivity contribution in [1.29, 1.82) is 0 Å². The van der Waals surface area contributed by atoms with Gasteiger partial charge in [-0.1, -0.05) is 13.3 Å². The van der Waals surface area contributed by atoms with Crippen LogP contribution < -0.4 is 11.1 Å². The summed E-state index contributed by atoms with van der Waals surface area (Å²) in [7, 11) is 0. The van der Waals surface area contributed by atoms with E-state index in [1.807, 2.05) is 20.8 Å². The Morgan fingerprint density at radius 3 is 2.65 bits per heavy atom. The van der Waals surface area contributed by atoms with E-state index in [0.717, 1.165) is 27.6 Å². The lowest BCUT2D eigenvalue weighted by Gasteiger charge is -2.16. The summed E-state index contributed by atoms with van der Waals surface area (Å²) in [6.45, 7) is 5.83. The molecule has 3 N–H and O–H groups in total. The predicted molar refractivity (Wildman–Crippen MR) is 91.7 cm³/mol. The summed E-state index contributed by atoms with van der Waals surface area (Å²) >= 11 is 1.50. The maximum atomic E-state index is 13.0. The Kier molecular flexibility index (Phi) is 5.85. The van der Waals surface area contributed by atoms with Gasteiger partial charge in [-0.25, -0.2) is 9.37 Å². The number of hydrogen-bond donors (Lipinski definition) is 2. The van der Waals surface area contributed by atoms with Gasteiger partial charge in [0, 0.05) is 5.56 Å². The molecule has 0 aliphatic heterocycles. The highest BCUT2D eigenvalue weighted by Gasteiger charge is 2.20. The largest absolute Gasteiger partial charge is 0.347 e. The highest BCUT2D eigenvalue weighted by molar-refractivity contribution is 7.15. The molecule has 1 aromatic carbocycles. The number of aryl methyl sites for hydroxylation is 1. The van der Waals surface area contributed by atoms with Crippen LogP contribution in [-0.2, 0) is 4.79 Å². The molecule has 2 unspecified atom stereocenters. The number of nitrogens with one attached hydrogen (secondary N) is 1. The van der Waals surface area contributed by atoms with E-state index in [2.05, 4.69) is 10.3 Å². The Balaban J connectivity index is 2.14. The van der Waals surface area contributed by atoms with E-state index >= 15 is 0 Å². The lowest BCUT2D eigenvalue weighted by molar-refractivity contribution is -0.123. The first-order chi connectivity index (χ1) is 10.9. The second kappa shape index (κ2) is 7.66. The van der Waals surface area contributed by atoms with Gasteiger partial charge in [-0.15, -0.1) is 11.3 Å². The maximum Gasteiger partial charge on any atom is 0.237 e. The molecule has 0 spiro atoms. The van der Waals surface area contributed by atoms with Crippen LogP contribution in [0.5, 0.6) is 0 Å². The van der Waals surface area contributed by atoms with E-state index in [1.54, 1.807) is 12.1 Å². The highest BCUT2D eigenvalue weighted by Crippen LogP contribution is 2.31. The third-order valence-electron chi connectivity index (χ3n) is 3.61. The van der Waals surface area contributed by atoms with Crippen molar-refractivity contribution in [3.63, 3.8) is 0 Å². The van der Waals surface area contributed by atoms with Crippen LogP contribution in [-0.4, -0.2) is 16.9 Å². The Morgan fingerprint density at radius 2 is 2.04 bits per heavy atom. The molecule has 0 aliphatic carbocycles. The standard InChI is InChI=1S/C17H22FN3OS/c1-4-5-14(19)16(22)20-10(2)15-11(3)21-17(23-15)12-6-8-13(18)9-7-12/h6-10,14H,4-5,19H2,1-3H3,(H,20,22). The van der Waals surface area contributed by atoms with E-state index < -0.39 is 6.04 Å². The lowest BCUT2D eigenvalue weighted by Crippen LogP contribution is -2.41. The van der Waals surface area contributed by atoms with E-state index in [0.29, 0.717) is 6.42 Å². The SMILES string of the molecule is CCCC(N)C(=O)NC(C)c1sc(-c2ccc(F)cc2)nc1C. The molecule has 0 saturated carbocycles. The number of aromatic nitrogens is 1.